The van der Waals surface area contributed by atoms with Crippen LogP contribution < -0.4 is 0 Å². The molecular weight excluding hydrogens is 318 g/mol. The van der Waals surface area contributed by atoms with Crippen LogP contribution in [-0.4, -0.2) is 44.9 Å². The fourth-order valence-electron chi connectivity index (χ4n) is 3.34. The van der Waals surface area contributed by atoms with E-state index in [2.05, 4.69) is 9.97 Å². The van der Waals surface area contributed by atoms with Crippen molar-refractivity contribution in [1.29, 1.82) is 0 Å². The summed E-state index contributed by atoms with van der Waals surface area (Å²) in [5.74, 6) is -0.510. The Morgan fingerprint density at radius 3 is 2.84 bits per heavy atom. The van der Waals surface area contributed by atoms with Gasteiger partial charge in [-0.25, -0.2) is 9.78 Å². The van der Waals surface area contributed by atoms with E-state index < -0.39 is 5.97 Å². The van der Waals surface area contributed by atoms with Gasteiger partial charge in [0, 0.05) is 31.8 Å². The molecule has 1 saturated heterocycles. The van der Waals surface area contributed by atoms with E-state index in [0.29, 0.717) is 17.2 Å². The topological polar surface area (TPSA) is 83.4 Å². The van der Waals surface area contributed by atoms with E-state index in [1.54, 1.807) is 43.6 Å². The molecule has 1 N–H and O–H groups in total. The molecule has 1 amide bonds. The molecule has 3 rings (SSSR count). The molecule has 1 atom stereocenters. The summed E-state index contributed by atoms with van der Waals surface area (Å²) in [6.45, 7) is 3.17. The predicted octanol–water partition coefficient (Wildman–Crippen LogP) is 2.64. The number of hydrogen-bond acceptors (Lipinski definition) is 4. The molecule has 130 valence electrons. The number of rotatable bonds is 4. The number of carbonyl (C=O) groups is 2. The van der Waals surface area contributed by atoms with Crippen molar-refractivity contribution in [2.45, 2.75) is 26.2 Å². The molecule has 25 heavy (non-hydrogen) atoms. The number of piperidine rings is 1. The van der Waals surface area contributed by atoms with Crippen molar-refractivity contribution >= 4 is 11.9 Å². The molecule has 1 aromatic carbocycles. The molecule has 2 aromatic rings. The van der Waals surface area contributed by atoms with E-state index in [1.165, 1.54) is 0 Å². The average Bonchev–Trinajstić information content (AvgIpc) is 2.62. The van der Waals surface area contributed by atoms with Crippen molar-refractivity contribution in [1.82, 2.24) is 14.9 Å². The Hall–Kier alpha value is -2.76. The Morgan fingerprint density at radius 2 is 2.08 bits per heavy atom. The molecule has 1 aliphatic rings. The maximum Gasteiger partial charge on any atom is 0.336 e. The standard InChI is InChI=1S/C19H21N3O3/c1-13(23)22-8-4-5-14(12-22)9-15-10-20-11-18(21-15)16-6-2-3-7-17(16)19(24)25/h2-3,6-7,10-11,14H,4-5,8-9,12H2,1H3,(H,24,25). The van der Waals surface area contributed by atoms with Crippen LogP contribution in [-0.2, 0) is 11.2 Å². The lowest BCUT2D eigenvalue weighted by Crippen LogP contribution is -2.39. The maximum atomic E-state index is 11.6. The van der Waals surface area contributed by atoms with Crippen LogP contribution in [0.3, 0.4) is 0 Å². The smallest absolute Gasteiger partial charge is 0.336 e. The van der Waals surface area contributed by atoms with Gasteiger partial charge in [0.25, 0.3) is 0 Å². The number of carboxylic acids is 1. The number of carbonyl (C=O) groups excluding carboxylic acids is 1. The van der Waals surface area contributed by atoms with Crippen molar-refractivity contribution in [3.05, 3.63) is 47.9 Å². The van der Waals surface area contributed by atoms with Gasteiger partial charge in [0.2, 0.25) is 5.91 Å². The van der Waals surface area contributed by atoms with E-state index in [9.17, 15) is 14.7 Å². The number of aromatic carboxylic acids is 1. The number of carboxylic acid groups (broad SMARTS) is 1. The third kappa shape index (κ3) is 4.02. The summed E-state index contributed by atoms with van der Waals surface area (Å²) in [4.78, 5) is 33.7. The molecule has 0 saturated carbocycles. The third-order valence-corrected chi connectivity index (χ3v) is 4.58. The van der Waals surface area contributed by atoms with Crippen LogP contribution in [0.15, 0.2) is 36.7 Å². The first-order valence-corrected chi connectivity index (χ1v) is 8.43. The van der Waals surface area contributed by atoms with Gasteiger partial charge in [0.05, 0.1) is 23.1 Å². The van der Waals surface area contributed by atoms with Crippen LogP contribution in [0, 0.1) is 5.92 Å². The Kier molecular flexibility index (Phi) is 5.07. The van der Waals surface area contributed by atoms with Gasteiger partial charge >= 0.3 is 5.97 Å². The van der Waals surface area contributed by atoms with Crippen LogP contribution in [0.4, 0.5) is 0 Å². The molecule has 0 aliphatic carbocycles. The maximum absolute atomic E-state index is 11.6. The molecule has 0 spiro atoms. The van der Waals surface area contributed by atoms with Gasteiger partial charge < -0.3 is 10.0 Å². The van der Waals surface area contributed by atoms with Crippen LogP contribution in [0.5, 0.6) is 0 Å². The van der Waals surface area contributed by atoms with Gasteiger partial charge in [-0.1, -0.05) is 18.2 Å². The lowest BCUT2D eigenvalue weighted by atomic mass is 9.93. The minimum absolute atomic E-state index is 0.111. The monoisotopic (exact) mass is 339 g/mol. The van der Waals surface area contributed by atoms with Crippen LogP contribution >= 0.6 is 0 Å². The van der Waals surface area contributed by atoms with Crippen molar-refractivity contribution in [2.24, 2.45) is 5.92 Å². The Balaban J connectivity index is 1.81. The fraction of sp³-hybridized carbons (Fsp3) is 0.368. The molecule has 1 aromatic heterocycles. The Labute approximate surface area is 146 Å². The van der Waals surface area contributed by atoms with E-state index in [0.717, 1.165) is 38.0 Å². The first-order chi connectivity index (χ1) is 12.0. The zero-order valence-corrected chi connectivity index (χ0v) is 14.2. The predicted molar refractivity (Wildman–Crippen MR) is 93.1 cm³/mol. The molecule has 1 aliphatic heterocycles. The first-order valence-electron chi connectivity index (χ1n) is 8.43. The summed E-state index contributed by atoms with van der Waals surface area (Å²) in [6, 6.07) is 6.80. The molecular formula is C19H21N3O3. The lowest BCUT2D eigenvalue weighted by Gasteiger charge is -2.31. The largest absolute Gasteiger partial charge is 0.478 e. The highest BCUT2D eigenvalue weighted by Gasteiger charge is 2.22. The quantitative estimate of drug-likeness (QED) is 0.926. The van der Waals surface area contributed by atoms with Crippen molar-refractivity contribution in [3.63, 3.8) is 0 Å². The molecule has 1 unspecified atom stereocenters. The van der Waals surface area contributed by atoms with Gasteiger partial charge in [0.1, 0.15) is 0 Å². The minimum Gasteiger partial charge on any atom is -0.478 e. The summed E-state index contributed by atoms with van der Waals surface area (Å²) in [6.07, 6.45) is 6.11. The van der Waals surface area contributed by atoms with E-state index in [4.69, 9.17) is 0 Å². The summed E-state index contributed by atoms with van der Waals surface area (Å²) in [5, 5.41) is 9.35. The van der Waals surface area contributed by atoms with Crippen LogP contribution in [0.1, 0.15) is 35.8 Å². The molecule has 0 radical (unpaired) electrons. The number of likely N-dealkylation sites (tertiary alicyclic amines) is 1. The van der Waals surface area contributed by atoms with Gasteiger partial charge in [-0.2, -0.15) is 0 Å². The van der Waals surface area contributed by atoms with Crippen LogP contribution in [0.25, 0.3) is 11.3 Å². The number of nitrogens with zero attached hydrogens (tertiary/aromatic N) is 3. The SMILES string of the molecule is CC(=O)N1CCCC(Cc2cncc(-c3ccccc3C(=O)O)n2)C1. The lowest BCUT2D eigenvalue weighted by molar-refractivity contribution is -0.130. The van der Waals surface area contributed by atoms with Crippen LogP contribution in [0.2, 0.25) is 0 Å². The Morgan fingerprint density at radius 1 is 1.28 bits per heavy atom. The van der Waals surface area contributed by atoms with E-state index in [1.807, 2.05) is 4.90 Å². The van der Waals surface area contributed by atoms with Gasteiger partial charge in [-0.3, -0.25) is 9.78 Å². The minimum atomic E-state index is -0.979. The molecule has 0 bridgehead atoms. The summed E-state index contributed by atoms with van der Waals surface area (Å²) >= 11 is 0. The highest BCUT2D eigenvalue weighted by Crippen LogP contribution is 2.24. The zero-order chi connectivity index (χ0) is 17.8. The molecule has 2 heterocycles. The highest BCUT2D eigenvalue weighted by molar-refractivity contribution is 5.95. The normalized spacial score (nSPS) is 17.3. The van der Waals surface area contributed by atoms with E-state index in [-0.39, 0.29) is 11.5 Å². The number of benzene rings is 1. The van der Waals surface area contributed by atoms with Gasteiger partial charge in [-0.05, 0) is 31.2 Å². The van der Waals surface area contributed by atoms with Crippen molar-refractivity contribution in [2.75, 3.05) is 13.1 Å². The molecule has 1 fully saturated rings. The molecule has 6 heteroatoms. The Bertz CT molecular complexity index is 791. The highest BCUT2D eigenvalue weighted by atomic mass is 16.4. The zero-order valence-electron chi connectivity index (χ0n) is 14.2. The number of hydrogen-bond donors (Lipinski definition) is 1. The van der Waals surface area contributed by atoms with E-state index >= 15 is 0 Å². The summed E-state index contributed by atoms with van der Waals surface area (Å²) in [5.41, 5.74) is 2.18. The second-order valence-electron chi connectivity index (χ2n) is 6.42. The summed E-state index contributed by atoms with van der Waals surface area (Å²) < 4.78 is 0. The van der Waals surface area contributed by atoms with Gasteiger partial charge in [-0.15, -0.1) is 0 Å². The fourth-order valence-corrected chi connectivity index (χ4v) is 3.34. The van der Waals surface area contributed by atoms with Crippen molar-refractivity contribution in [3.8, 4) is 11.3 Å². The van der Waals surface area contributed by atoms with Crippen molar-refractivity contribution < 1.29 is 14.7 Å². The molecule has 6 nitrogen and oxygen atoms in total. The second-order valence-corrected chi connectivity index (χ2v) is 6.42. The number of amides is 1. The summed E-state index contributed by atoms with van der Waals surface area (Å²) in [7, 11) is 0. The number of aromatic nitrogens is 2. The average molecular weight is 339 g/mol. The van der Waals surface area contributed by atoms with Gasteiger partial charge in [0.15, 0.2) is 0 Å². The first kappa shape index (κ1) is 17.1. The second kappa shape index (κ2) is 7.42. The third-order valence-electron chi connectivity index (χ3n) is 4.58.